The van der Waals surface area contributed by atoms with E-state index in [0.29, 0.717) is 11.6 Å². The van der Waals surface area contributed by atoms with E-state index in [9.17, 15) is 0 Å². The molecule has 0 amide bonds. The summed E-state index contributed by atoms with van der Waals surface area (Å²) in [6, 6.07) is 23.9. The van der Waals surface area contributed by atoms with Gasteiger partial charge >= 0.3 is 0 Å². The average Bonchev–Trinajstić information content (AvgIpc) is 2.79. The van der Waals surface area contributed by atoms with Crippen LogP contribution < -0.4 is 4.57 Å². The standard InChI is InChI=1S/C30H27N2/c1-19(2)16-21-10-12-24-22(17-21)11-13-27-25(24)14-15-32(5)30(27)28-18-29(31-4)26-9-7-6-8-23(26)20(28)3/h6-15,17-19H,16H2,1-3,5H3/q+1. The fourth-order valence-electron chi connectivity index (χ4n) is 5.01. The highest BCUT2D eigenvalue weighted by Crippen LogP contribution is 2.39. The Kier molecular flexibility index (Phi) is 4.91. The first-order valence-corrected chi connectivity index (χ1v) is 11.2. The van der Waals surface area contributed by atoms with Crippen molar-refractivity contribution in [2.24, 2.45) is 13.0 Å². The number of aromatic nitrogens is 1. The zero-order chi connectivity index (χ0) is 22.4. The molecule has 0 spiro atoms. The Morgan fingerprint density at radius 1 is 0.844 bits per heavy atom. The molecule has 0 bridgehead atoms. The minimum Gasteiger partial charge on any atom is -0.237 e. The molecule has 1 heterocycles. The van der Waals surface area contributed by atoms with E-state index >= 15 is 0 Å². The highest BCUT2D eigenvalue weighted by atomic mass is 14.9. The summed E-state index contributed by atoms with van der Waals surface area (Å²) < 4.78 is 2.19. The maximum Gasteiger partial charge on any atom is 0.219 e. The lowest BCUT2D eigenvalue weighted by atomic mass is 9.92. The Morgan fingerprint density at radius 3 is 2.34 bits per heavy atom. The summed E-state index contributed by atoms with van der Waals surface area (Å²) >= 11 is 0. The summed E-state index contributed by atoms with van der Waals surface area (Å²) in [7, 11) is 2.09. The van der Waals surface area contributed by atoms with E-state index in [2.05, 4.69) is 98.0 Å². The van der Waals surface area contributed by atoms with Crippen LogP contribution >= 0.6 is 0 Å². The predicted molar refractivity (Wildman–Crippen MR) is 135 cm³/mol. The molecule has 1 aromatic heterocycles. The van der Waals surface area contributed by atoms with Crippen LogP contribution in [0.5, 0.6) is 0 Å². The van der Waals surface area contributed by atoms with Crippen molar-refractivity contribution in [3.05, 3.63) is 95.5 Å². The predicted octanol–water partition coefficient (Wildman–Crippen LogP) is 7.70. The molecule has 0 N–H and O–H groups in total. The van der Waals surface area contributed by atoms with E-state index in [-0.39, 0.29) is 0 Å². The number of hydrogen-bond acceptors (Lipinski definition) is 0. The number of hydrogen-bond donors (Lipinski definition) is 0. The highest BCUT2D eigenvalue weighted by molar-refractivity contribution is 6.12. The van der Waals surface area contributed by atoms with E-state index in [1.807, 2.05) is 12.1 Å². The van der Waals surface area contributed by atoms with Crippen LogP contribution in [0.1, 0.15) is 25.0 Å². The van der Waals surface area contributed by atoms with Gasteiger partial charge in [0.05, 0.1) is 12.0 Å². The number of fused-ring (bicyclic) bond motifs is 4. The molecule has 2 heteroatoms. The first-order valence-electron chi connectivity index (χ1n) is 11.2. The van der Waals surface area contributed by atoms with E-state index in [1.54, 1.807) is 0 Å². The van der Waals surface area contributed by atoms with Crippen LogP contribution in [-0.4, -0.2) is 0 Å². The lowest BCUT2D eigenvalue weighted by Crippen LogP contribution is -2.30. The molecule has 32 heavy (non-hydrogen) atoms. The molecule has 0 radical (unpaired) electrons. The second-order valence-corrected chi connectivity index (χ2v) is 9.18. The van der Waals surface area contributed by atoms with Gasteiger partial charge in [-0.3, -0.25) is 0 Å². The molecule has 4 aromatic carbocycles. The number of rotatable bonds is 3. The lowest BCUT2D eigenvalue weighted by Gasteiger charge is -2.13. The minimum atomic E-state index is 0.645. The molecule has 0 aliphatic carbocycles. The quantitative estimate of drug-likeness (QED) is 0.162. The Bertz CT molecular complexity index is 1550. The van der Waals surface area contributed by atoms with Gasteiger partial charge in [-0.15, -0.1) is 0 Å². The van der Waals surface area contributed by atoms with Crippen LogP contribution in [-0.2, 0) is 13.5 Å². The summed E-state index contributed by atoms with van der Waals surface area (Å²) in [5.74, 6) is 0.645. The smallest absolute Gasteiger partial charge is 0.219 e. The average molecular weight is 416 g/mol. The summed E-state index contributed by atoms with van der Waals surface area (Å²) in [5, 5.41) is 7.20. The van der Waals surface area contributed by atoms with Crippen LogP contribution in [0.25, 0.3) is 48.4 Å². The summed E-state index contributed by atoms with van der Waals surface area (Å²) in [6.45, 7) is 14.5. The molecule has 156 valence electrons. The lowest BCUT2D eigenvalue weighted by molar-refractivity contribution is -0.659. The molecular weight excluding hydrogens is 388 g/mol. The van der Waals surface area contributed by atoms with Crippen molar-refractivity contribution in [2.45, 2.75) is 27.2 Å². The zero-order valence-electron chi connectivity index (χ0n) is 19.1. The topological polar surface area (TPSA) is 8.24 Å². The molecular formula is C30H27N2+. The van der Waals surface area contributed by atoms with Crippen LogP contribution in [0, 0.1) is 19.4 Å². The third kappa shape index (κ3) is 3.22. The third-order valence-electron chi connectivity index (χ3n) is 6.51. The first-order chi connectivity index (χ1) is 15.5. The van der Waals surface area contributed by atoms with Crippen molar-refractivity contribution in [1.82, 2.24) is 0 Å². The van der Waals surface area contributed by atoms with Crippen molar-refractivity contribution in [3.8, 4) is 11.3 Å². The molecule has 0 saturated carbocycles. The van der Waals surface area contributed by atoms with Crippen molar-refractivity contribution in [3.63, 3.8) is 0 Å². The van der Waals surface area contributed by atoms with Crippen molar-refractivity contribution < 1.29 is 4.57 Å². The summed E-state index contributed by atoms with van der Waals surface area (Å²) in [4.78, 5) is 3.86. The van der Waals surface area contributed by atoms with E-state index in [4.69, 9.17) is 6.57 Å². The SMILES string of the molecule is [C-]#[N+]c1cc(-c2c3ccc4cc(CC(C)C)ccc4c3cc[n+]2C)c(C)c2ccccc12. The molecule has 0 aliphatic heterocycles. The molecule has 5 rings (SSSR count). The van der Waals surface area contributed by atoms with E-state index < -0.39 is 0 Å². The van der Waals surface area contributed by atoms with E-state index in [1.165, 1.54) is 32.7 Å². The zero-order valence-corrected chi connectivity index (χ0v) is 19.1. The number of pyridine rings is 1. The molecule has 0 atom stereocenters. The van der Waals surface area contributed by atoms with Crippen LogP contribution in [0.4, 0.5) is 5.69 Å². The molecule has 0 aliphatic rings. The Balaban J connectivity index is 1.82. The first kappa shape index (κ1) is 20.2. The van der Waals surface area contributed by atoms with Crippen molar-refractivity contribution in [1.29, 1.82) is 0 Å². The molecule has 0 saturated heterocycles. The largest absolute Gasteiger partial charge is 0.237 e. The van der Waals surface area contributed by atoms with Crippen molar-refractivity contribution in [2.75, 3.05) is 0 Å². The van der Waals surface area contributed by atoms with Gasteiger partial charge in [0.2, 0.25) is 5.69 Å². The van der Waals surface area contributed by atoms with Gasteiger partial charge in [-0.25, -0.2) is 9.41 Å². The van der Waals surface area contributed by atoms with Crippen LogP contribution in [0.15, 0.2) is 72.9 Å². The highest BCUT2D eigenvalue weighted by Gasteiger charge is 2.21. The van der Waals surface area contributed by atoms with Gasteiger partial charge in [0.1, 0.15) is 7.05 Å². The summed E-state index contributed by atoms with van der Waals surface area (Å²) in [6.07, 6.45) is 3.24. The maximum absolute atomic E-state index is 7.77. The van der Waals surface area contributed by atoms with Crippen LogP contribution in [0.3, 0.4) is 0 Å². The second kappa shape index (κ2) is 7.77. The maximum atomic E-state index is 7.77. The van der Waals surface area contributed by atoms with Gasteiger partial charge in [-0.05, 0) is 64.1 Å². The molecule has 0 unspecified atom stereocenters. The van der Waals surface area contributed by atoms with Crippen LogP contribution in [0.2, 0.25) is 0 Å². The fourth-order valence-corrected chi connectivity index (χ4v) is 5.01. The molecule has 2 nitrogen and oxygen atoms in total. The normalized spacial score (nSPS) is 11.5. The number of nitrogens with zero attached hydrogens (tertiary/aromatic N) is 2. The van der Waals surface area contributed by atoms with Gasteiger partial charge in [-0.2, -0.15) is 0 Å². The van der Waals surface area contributed by atoms with Crippen molar-refractivity contribution >= 4 is 38.0 Å². The van der Waals surface area contributed by atoms with Gasteiger partial charge in [-0.1, -0.05) is 62.4 Å². The Morgan fingerprint density at radius 2 is 1.59 bits per heavy atom. The number of benzene rings is 4. The molecule has 0 fully saturated rings. The number of aryl methyl sites for hydroxylation is 2. The summed E-state index contributed by atoms with van der Waals surface area (Å²) in [5.41, 5.74) is 5.59. The van der Waals surface area contributed by atoms with E-state index in [0.717, 1.165) is 28.5 Å². The third-order valence-corrected chi connectivity index (χ3v) is 6.51. The molecule has 5 aromatic rings. The van der Waals surface area contributed by atoms with Gasteiger partial charge in [0.15, 0.2) is 11.9 Å². The van der Waals surface area contributed by atoms with Gasteiger partial charge in [0.25, 0.3) is 0 Å². The minimum absolute atomic E-state index is 0.645. The fraction of sp³-hybridized carbons (Fsp3) is 0.200. The Labute approximate surface area is 189 Å². The monoisotopic (exact) mass is 415 g/mol. The Hall–Kier alpha value is -3.70. The second-order valence-electron chi connectivity index (χ2n) is 9.18. The van der Waals surface area contributed by atoms with Gasteiger partial charge < -0.3 is 0 Å². The van der Waals surface area contributed by atoms with Gasteiger partial charge in [0, 0.05) is 17.0 Å².